The predicted molar refractivity (Wildman–Crippen MR) is 105 cm³/mol. The first-order valence-electron chi connectivity index (χ1n) is 7.51. The molecule has 2 N–H and O–H groups in total. The van der Waals surface area contributed by atoms with Gasteiger partial charge in [-0.2, -0.15) is 0 Å². The van der Waals surface area contributed by atoms with Crippen LogP contribution in [0.25, 0.3) is 6.08 Å². The van der Waals surface area contributed by atoms with Gasteiger partial charge in [-0.05, 0) is 36.5 Å². The number of carbonyl (C=O) groups excluding carboxylic acids is 1. The van der Waals surface area contributed by atoms with E-state index in [-0.39, 0.29) is 21.5 Å². The molecule has 2 aromatic carbocycles. The van der Waals surface area contributed by atoms with Crippen LogP contribution in [0, 0.1) is 0 Å². The molecule has 8 heteroatoms. The summed E-state index contributed by atoms with van der Waals surface area (Å²) in [7, 11) is 1.56. The van der Waals surface area contributed by atoms with Crippen molar-refractivity contribution >= 4 is 51.9 Å². The van der Waals surface area contributed by atoms with E-state index >= 15 is 0 Å². The summed E-state index contributed by atoms with van der Waals surface area (Å²) in [4.78, 5) is 24.4. The van der Waals surface area contributed by atoms with Gasteiger partial charge in [0.2, 0.25) is 0 Å². The van der Waals surface area contributed by atoms with E-state index in [1.807, 2.05) is 18.2 Å². The summed E-state index contributed by atoms with van der Waals surface area (Å²) in [6.45, 7) is 0. The molecule has 1 amide bonds. The Labute approximate surface area is 159 Å². The number of hydrogen-bond acceptors (Lipinski definition) is 6. The molecule has 0 saturated carbocycles. The molecule has 0 bridgehead atoms. The molecule has 3 rings (SSSR count). The second kappa shape index (κ2) is 7.59. The minimum atomic E-state index is -1.09. The number of methoxy groups -OCH3 is 1. The number of nitrogens with one attached hydrogen (secondary N) is 1. The maximum Gasteiger partial charge on any atom is 0.337 e. The highest BCUT2D eigenvalue weighted by Gasteiger charge is 2.33. The molecule has 1 heterocycles. The summed E-state index contributed by atoms with van der Waals surface area (Å²) in [6, 6.07) is 13.6. The number of thiocarbonyl (C=S) groups is 1. The second-order valence-corrected chi connectivity index (χ2v) is 6.90. The van der Waals surface area contributed by atoms with Gasteiger partial charge < -0.3 is 9.84 Å². The molecule has 1 saturated heterocycles. The number of nitrogens with zero attached hydrogens (tertiary/aromatic N) is 1. The lowest BCUT2D eigenvalue weighted by atomic mass is 10.2. The SMILES string of the molecule is COc1ccccc1C=C1SC(=S)N(Nc2ccccc2C(=O)O)C1=O. The molecule has 0 atom stereocenters. The normalized spacial score (nSPS) is 15.4. The van der Waals surface area contributed by atoms with Crippen LogP contribution in [0.4, 0.5) is 5.69 Å². The summed E-state index contributed by atoms with van der Waals surface area (Å²) in [5.41, 5.74) is 3.89. The number of anilines is 1. The maximum absolute atomic E-state index is 12.7. The first kappa shape index (κ1) is 18.0. The van der Waals surface area contributed by atoms with Gasteiger partial charge in [-0.3, -0.25) is 10.2 Å². The molecule has 6 nitrogen and oxygen atoms in total. The Bertz CT molecular complexity index is 927. The van der Waals surface area contributed by atoms with E-state index in [0.29, 0.717) is 10.7 Å². The molecule has 26 heavy (non-hydrogen) atoms. The Hall–Kier alpha value is -2.84. The van der Waals surface area contributed by atoms with Crippen molar-refractivity contribution in [3.05, 3.63) is 64.6 Å². The number of carboxylic acid groups (broad SMARTS) is 1. The summed E-state index contributed by atoms with van der Waals surface area (Å²) in [5, 5.41) is 10.4. The first-order valence-corrected chi connectivity index (χ1v) is 8.73. The van der Waals surface area contributed by atoms with Gasteiger partial charge in [-0.15, -0.1) is 0 Å². The maximum atomic E-state index is 12.7. The average Bonchev–Trinajstić information content (AvgIpc) is 2.90. The van der Waals surface area contributed by atoms with Crippen molar-refractivity contribution in [1.82, 2.24) is 5.01 Å². The van der Waals surface area contributed by atoms with Gasteiger partial charge in [0, 0.05) is 5.56 Å². The van der Waals surface area contributed by atoms with Crippen LogP contribution in [0.3, 0.4) is 0 Å². The second-order valence-electron chi connectivity index (χ2n) is 5.22. The van der Waals surface area contributed by atoms with E-state index < -0.39 is 5.97 Å². The molecule has 132 valence electrons. The van der Waals surface area contributed by atoms with Gasteiger partial charge in [-0.25, -0.2) is 9.80 Å². The van der Waals surface area contributed by atoms with E-state index in [9.17, 15) is 14.7 Å². The van der Waals surface area contributed by atoms with Crippen molar-refractivity contribution < 1.29 is 19.4 Å². The van der Waals surface area contributed by atoms with E-state index in [1.165, 1.54) is 11.1 Å². The Kier molecular flexibility index (Phi) is 5.24. The van der Waals surface area contributed by atoms with Crippen LogP contribution >= 0.6 is 24.0 Å². The van der Waals surface area contributed by atoms with Crippen LogP contribution < -0.4 is 10.2 Å². The van der Waals surface area contributed by atoms with Gasteiger partial charge in [0.05, 0.1) is 23.3 Å². The number of hydrazine groups is 1. The standard InChI is InChI=1S/C18H14N2O4S2/c1-24-14-9-5-2-6-11(14)10-15-16(21)20(18(25)26-15)19-13-8-4-3-7-12(13)17(22)23/h2-10,19H,1H3,(H,22,23). The zero-order valence-electron chi connectivity index (χ0n) is 13.6. The van der Waals surface area contributed by atoms with Crippen LogP contribution in [0.15, 0.2) is 53.4 Å². The van der Waals surface area contributed by atoms with E-state index in [4.69, 9.17) is 17.0 Å². The molecule has 0 spiro atoms. The van der Waals surface area contributed by atoms with Crippen molar-refractivity contribution in [2.24, 2.45) is 0 Å². The zero-order chi connectivity index (χ0) is 18.7. The lowest BCUT2D eigenvalue weighted by molar-refractivity contribution is -0.121. The Morgan fingerprint density at radius 2 is 1.92 bits per heavy atom. The molecule has 2 aromatic rings. The third kappa shape index (κ3) is 3.56. The van der Waals surface area contributed by atoms with Crippen LogP contribution in [0.1, 0.15) is 15.9 Å². The Balaban J connectivity index is 1.88. The smallest absolute Gasteiger partial charge is 0.337 e. The van der Waals surface area contributed by atoms with E-state index in [2.05, 4.69) is 5.43 Å². The third-order valence-corrected chi connectivity index (χ3v) is 4.91. The van der Waals surface area contributed by atoms with Crippen molar-refractivity contribution in [2.75, 3.05) is 12.5 Å². The number of carbonyl (C=O) groups is 2. The number of amides is 1. The van der Waals surface area contributed by atoms with Crippen LogP contribution in [-0.4, -0.2) is 33.4 Å². The number of hydrogen-bond donors (Lipinski definition) is 2. The molecule has 0 radical (unpaired) electrons. The fourth-order valence-corrected chi connectivity index (χ4v) is 3.55. The van der Waals surface area contributed by atoms with Crippen molar-refractivity contribution in [3.8, 4) is 5.75 Å². The van der Waals surface area contributed by atoms with Crippen molar-refractivity contribution in [3.63, 3.8) is 0 Å². The molecular formula is C18H14N2O4S2. The van der Waals surface area contributed by atoms with Gasteiger partial charge in [0.1, 0.15) is 5.75 Å². The number of benzene rings is 2. The molecule has 0 unspecified atom stereocenters. The minimum absolute atomic E-state index is 0.0512. The highest BCUT2D eigenvalue weighted by Crippen LogP contribution is 2.34. The molecule has 0 aliphatic carbocycles. The van der Waals surface area contributed by atoms with Crippen molar-refractivity contribution in [2.45, 2.75) is 0 Å². The Morgan fingerprint density at radius 3 is 2.65 bits per heavy atom. The van der Waals surface area contributed by atoms with Gasteiger partial charge in [-0.1, -0.05) is 42.1 Å². The highest BCUT2D eigenvalue weighted by atomic mass is 32.2. The largest absolute Gasteiger partial charge is 0.496 e. The molecule has 1 fully saturated rings. The number of thioether (sulfide) groups is 1. The molecule has 1 aliphatic rings. The zero-order valence-corrected chi connectivity index (χ0v) is 15.3. The van der Waals surface area contributed by atoms with Gasteiger partial charge >= 0.3 is 5.97 Å². The predicted octanol–water partition coefficient (Wildman–Crippen LogP) is 3.62. The Morgan fingerprint density at radius 1 is 1.23 bits per heavy atom. The summed E-state index contributed by atoms with van der Waals surface area (Å²) in [5.74, 6) is -0.809. The number of aromatic carboxylic acids is 1. The highest BCUT2D eigenvalue weighted by molar-refractivity contribution is 8.26. The average molecular weight is 386 g/mol. The number of rotatable bonds is 5. The van der Waals surface area contributed by atoms with Gasteiger partial charge in [0.25, 0.3) is 5.91 Å². The summed E-state index contributed by atoms with van der Waals surface area (Å²) >= 11 is 6.40. The lowest BCUT2D eigenvalue weighted by Gasteiger charge is -2.18. The monoisotopic (exact) mass is 386 g/mol. The third-order valence-electron chi connectivity index (χ3n) is 3.61. The van der Waals surface area contributed by atoms with Crippen LogP contribution in [0.5, 0.6) is 5.75 Å². The van der Waals surface area contributed by atoms with Crippen molar-refractivity contribution in [1.29, 1.82) is 0 Å². The molecule has 0 aromatic heterocycles. The molecular weight excluding hydrogens is 372 g/mol. The van der Waals surface area contributed by atoms with Gasteiger partial charge in [0.15, 0.2) is 4.32 Å². The number of carboxylic acids is 1. The number of para-hydroxylation sites is 2. The fraction of sp³-hybridized carbons (Fsp3) is 0.0556. The number of ether oxygens (including phenoxy) is 1. The van der Waals surface area contributed by atoms with Crippen LogP contribution in [-0.2, 0) is 4.79 Å². The molecule has 1 aliphatic heterocycles. The van der Waals surface area contributed by atoms with Crippen LogP contribution in [0.2, 0.25) is 0 Å². The quantitative estimate of drug-likeness (QED) is 0.600. The van der Waals surface area contributed by atoms with E-state index in [0.717, 1.165) is 17.3 Å². The summed E-state index contributed by atoms with van der Waals surface area (Å²) < 4.78 is 5.58. The lowest BCUT2D eigenvalue weighted by Crippen LogP contribution is -2.34. The topological polar surface area (TPSA) is 78.9 Å². The van der Waals surface area contributed by atoms with E-state index in [1.54, 1.807) is 37.5 Å². The summed E-state index contributed by atoms with van der Waals surface area (Å²) in [6.07, 6.45) is 1.70. The minimum Gasteiger partial charge on any atom is -0.496 e. The fourth-order valence-electron chi connectivity index (χ4n) is 2.38. The first-order chi connectivity index (χ1) is 12.5.